The van der Waals surface area contributed by atoms with Gasteiger partial charge in [-0.15, -0.1) is 0 Å². The fraction of sp³-hybridized carbons (Fsp3) is 0.0800. The van der Waals surface area contributed by atoms with E-state index in [1.807, 2.05) is 42.5 Å². The molecule has 33 heavy (non-hydrogen) atoms. The average Bonchev–Trinajstić information content (AvgIpc) is 3.27. The lowest BCUT2D eigenvalue weighted by atomic mass is 10.1. The Labute approximate surface area is 196 Å². The second-order valence-corrected chi connectivity index (χ2v) is 7.63. The average molecular weight is 461 g/mol. The van der Waals surface area contributed by atoms with E-state index in [1.165, 1.54) is 7.11 Å². The lowest BCUT2D eigenvalue weighted by Crippen LogP contribution is -2.17. The molecule has 0 bridgehead atoms. The van der Waals surface area contributed by atoms with Gasteiger partial charge in [-0.3, -0.25) is 9.59 Å². The molecular weight excluding hydrogens is 440 g/mol. The van der Waals surface area contributed by atoms with Gasteiger partial charge in [-0.05, 0) is 48.5 Å². The Balaban J connectivity index is 1.60. The van der Waals surface area contributed by atoms with Gasteiger partial charge in [0, 0.05) is 35.3 Å². The molecule has 1 aromatic heterocycles. The summed E-state index contributed by atoms with van der Waals surface area (Å²) in [5.41, 5.74) is 3.75. The molecular formula is C25H21ClN4O3. The van der Waals surface area contributed by atoms with Crippen molar-refractivity contribution < 1.29 is 14.3 Å². The molecule has 3 aromatic carbocycles. The van der Waals surface area contributed by atoms with Crippen LogP contribution in [0.1, 0.15) is 10.4 Å². The highest BCUT2D eigenvalue weighted by molar-refractivity contribution is 6.30. The number of methoxy groups -OCH3 is 1. The molecule has 2 amide bonds. The van der Waals surface area contributed by atoms with Crippen molar-refractivity contribution in [3.05, 3.63) is 95.6 Å². The van der Waals surface area contributed by atoms with Gasteiger partial charge >= 0.3 is 0 Å². The number of halogens is 1. The molecule has 4 rings (SSSR count). The van der Waals surface area contributed by atoms with Crippen LogP contribution in [0.25, 0.3) is 16.9 Å². The number of rotatable bonds is 7. The molecule has 0 aliphatic carbocycles. The topological polar surface area (TPSA) is 85.3 Å². The summed E-state index contributed by atoms with van der Waals surface area (Å²) in [6, 6.07) is 23.6. The van der Waals surface area contributed by atoms with Gasteiger partial charge in [0.05, 0.1) is 11.3 Å². The molecule has 4 aromatic rings. The summed E-state index contributed by atoms with van der Waals surface area (Å²) in [6.45, 7) is -0.0304. The molecule has 166 valence electrons. The molecule has 7 nitrogen and oxygen atoms in total. The van der Waals surface area contributed by atoms with E-state index < -0.39 is 0 Å². The van der Waals surface area contributed by atoms with Crippen LogP contribution in [-0.4, -0.2) is 35.3 Å². The number of hydrogen-bond acceptors (Lipinski definition) is 4. The van der Waals surface area contributed by atoms with Crippen molar-refractivity contribution in [2.24, 2.45) is 0 Å². The summed E-state index contributed by atoms with van der Waals surface area (Å²) in [4.78, 5) is 24.8. The van der Waals surface area contributed by atoms with Crippen LogP contribution in [0.4, 0.5) is 11.4 Å². The molecule has 8 heteroatoms. The van der Waals surface area contributed by atoms with Gasteiger partial charge in [0.1, 0.15) is 12.3 Å². The number of amides is 2. The maximum atomic E-state index is 13.2. The first-order valence-corrected chi connectivity index (χ1v) is 10.5. The van der Waals surface area contributed by atoms with Crippen LogP contribution < -0.4 is 10.6 Å². The van der Waals surface area contributed by atoms with E-state index >= 15 is 0 Å². The number of para-hydroxylation sites is 1. The van der Waals surface area contributed by atoms with E-state index in [-0.39, 0.29) is 18.4 Å². The van der Waals surface area contributed by atoms with E-state index in [0.29, 0.717) is 27.7 Å². The highest BCUT2D eigenvalue weighted by atomic mass is 35.5. The monoisotopic (exact) mass is 460 g/mol. The summed E-state index contributed by atoms with van der Waals surface area (Å²) in [5.74, 6) is -0.562. The van der Waals surface area contributed by atoms with Crippen LogP contribution in [0, 0.1) is 0 Å². The fourth-order valence-corrected chi connectivity index (χ4v) is 3.36. The van der Waals surface area contributed by atoms with Crippen LogP contribution >= 0.6 is 11.6 Å². The zero-order valence-electron chi connectivity index (χ0n) is 17.8. The fourth-order valence-electron chi connectivity index (χ4n) is 3.24. The minimum absolute atomic E-state index is 0.0304. The zero-order valence-corrected chi connectivity index (χ0v) is 18.5. The third-order valence-electron chi connectivity index (χ3n) is 4.80. The molecule has 0 unspecified atom stereocenters. The number of carbonyl (C=O) groups excluding carboxylic acids is 2. The van der Waals surface area contributed by atoms with Gasteiger partial charge in [-0.2, -0.15) is 5.10 Å². The first-order valence-electron chi connectivity index (χ1n) is 10.1. The number of aromatic nitrogens is 2. The SMILES string of the molecule is COCC(=O)Nc1ccc(NC(=O)c2cn(-c3ccccc3)nc2-c2ccc(Cl)cc2)cc1. The lowest BCUT2D eigenvalue weighted by molar-refractivity contribution is -0.119. The third-order valence-corrected chi connectivity index (χ3v) is 5.05. The van der Waals surface area contributed by atoms with Crippen molar-refractivity contribution >= 4 is 34.8 Å². The molecule has 0 atom stereocenters. The molecule has 0 aliphatic rings. The quantitative estimate of drug-likeness (QED) is 0.405. The molecule has 0 saturated heterocycles. The molecule has 0 aliphatic heterocycles. The standard InChI is InChI=1S/C25H21ClN4O3/c1-33-16-23(31)27-19-11-13-20(14-12-19)28-25(32)22-15-30(21-5-3-2-4-6-21)29-24(22)17-7-9-18(26)10-8-17/h2-15H,16H2,1H3,(H,27,31)(H,28,32). The predicted molar refractivity (Wildman–Crippen MR) is 129 cm³/mol. The minimum atomic E-state index is -0.307. The van der Waals surface area contributed by atoms with Gasteiger partial charge in [-0.1, -0.05) is 41.9 Å². The van der Waals surface area contributed by atoms with E-state index in [0.717, 1.165) is 11.3 Å². The van der Waals surface area contributed by atoms with Gasteiger partial charge in [0.25, 0.3) is 5.91 Å². The number of nitrogens with one attached hydrogen (secondary N) is 2. The van der Waals surface area contributed by atoms with Crippen molar-refractivity contribution in [2.75, 3.05) is 24.4 Å². The number of benzene rings is 3. The third kappa shape index (κ3) is 5.46. The van der Waals surface area contributed by atoms with Crippen molar-refractivity contribution in [1.82, 2.24) is 9.78 Å². The molecule has 2 N–H and O–H groups in total. The molecule has 0 spiro atoms. The Kier molecular flexibility index (Phi) is 6.83. The number of hydrogen-bond donors (Lipinski definition) is 2. The minimum Gasteiger partial charge on any atom is -0.375 e. The summed E-state index contributed by atoms with van der Waals surface area (Å²) in [6.07, 6.45) is 1.70. The van der Waals surface area contributed by atoms with Crippen molar-refractivity contribution in [3.63, 3.8) is 0 Å². The Bertz CT molecular complexity index is 1250. The van der Waals surface area contributed by atoms with E-state index in [2.05, 4.69) is 15.7 Å². The van der Waals surface area contributed by atoms with E-state index in [1.54, 1.807) is 47.3 Å². The van der Waals surface area contributed by atoms with E-state index in [4.69, 9.17) is 16.3 Å². The highest BCUT2D eigenvalue weighted by Crippen LogP contribution is 2.26. The largest absolute Gasteiger partial charge is 0.375 e. The van der Waals surface area contributed by atoms with Gasteiger partial charge in [0.2, 0.25) is 5.91 Å². The molecule has 0 radical (unpaired) electrons. The number of nitrogens with zero attached hydrogens (tertiary/aromatic N) is 2. The normalized spacial score (nSPS) is 10.6. The molecule has 0 fully saturated rings. The van der Waals surface area contributed by atoms with Crippen LogP contribution in [0.5, 0.6) is 0 Å². The second kappa shape index (κ2) is 10.1. The van der Waals surface area contributed by atoms with Crippen molar-refractivity contribution in [2.45, 2.75) is 0 Å². The molecule has 0 saturated carbocycles. The predicted octanol–water partition coefficient (Wildman–Crippen LogP) is 5.03. The maximum absolute atomic E-state index is 13.2. The summed E-state index contributed by atoms with van der Waals surface area (Å²) < 4.78 is 6.48. The Morgan fingerprint density at radius 1 is 0.909 bits per heavy atom. The van der Waals surface area contributed by atoms with Crippen LogP contribution in [0.2, 0.25) is 5.02 Å². The van der Waals surface area contributed by atoms with Crippen molar-refractivity contribution in [3.8, 4) is 16.9 Å². The molecule has 1 heterocycles. The number of ether oxygens (including phenoxy) is 1. The summed E-state index contributed by atoms with van der Waals surface area (Å²) in [5, 5.41) is 10.9. The smallest absolute Gasteiger partial charge is 0.259 e. The zero-order chi connectivity index (χ0) is 23.2. The maximum Gasteiger partial charge on any atom is 0.259 e. The number of carbonyl (C=O) groups is 2. The van der Waals surface area contributed by atoms with Crippen LogP contribution in [-0.2, 0) is 9.53 Å². The number of anilines is 2. The Morgan fingerprint density at radius 2 is 1.55 bits per heavy atom. The van der Waals surface area contributed by atoms with Crippen molar-refractivity contribution in [1.29, 1.82) is 0 Å². The highest BCUT2D eigenvalue weighted by Gasteiger charge is 2.19. The Morgan fingerprint density at radius 3 is 2.18 bits per heavy atom. The van der Waals surface area contributed by atoms with E-state index in [9.17, 15) is 9.59 Å². The van der Waals surface area contributed by atoms with Gasteiger partial charge in [-0.25, -0.2) is 4.68 Å². The second-order valence-electron chi connectivity index (χ2n) is 7.19. The lowest BCUT2D eigenvalue weighted by Gasteiger charge is -2.08. The van der Waals surface area contributed by atoms with Crippen LogP contribution in [0.15, 0.2) is 85.1 Å². The Hall–Kier alpha value is -3.94. The summed E-state index contributed by atoms with van der Waals surface area (Å²) >= 11 is 6.03. The first kappa shape index (κ1) is 22.3. The summed E-state index contributed by atoms with van der Waals surface area (Å²) in [7, 11) is 1.45. The van der Waals surface area contributed by atoms with Gasteiger partial charge in [0.15, 0.2) is 0 Å². The van der Waals surface area contributed by atoms with Gasteiger partial charge < -0.3 is 15.4 Å². The van der Waals surface area contributed by atoms with Crippen LogP contribution in [0.3, 0.4) is 0 Å². The first-order chi connectivity index (χ1) is 16.0.